The lowest BCUT2D eigenvalue weighted by Gasteiger charge is -2.14. The lowest BCUT2D eigenvalue weighted by atomic mass is 10.0. The Morgan fingerprint density at radius 2 is 1.93 bits per heavy atom. The van der Waals surface area contributed by atoms with Crippen molar-refractivity contribution in [2.45, 2.75) is 38.8 Å². The molecular weight excluding hydrogens is 374 g/mol. The number of aryl methyl sites for hydroxylation is 1. The fraction of sp³-hybridized carbons (Fsp3) is 0.286. The van der Waals surface area contributed by atoms with Gasteiger partial charge in [0.05, 0.1) is 17.4 Å². The summed E-state index contributed by atoms with van der Waals surface area (Å²) < 4.78 is 5.79. The van der Waals surface area contributed by atoms with E-state index in [0.717, 1.165) is 27.8 Å². The van der Waals surface area contributed by atoms with Crippen LogP contribution in [0.3, 0.4) is 0 Å². The molecule has 0 saturated heterocycles. The summed E-state index contributed by atoms with van der Waals surface area (Å²) in [7, 11) is 0. The van der Waals surface area contributed by atoms with Crippen molar-refractivity contribution >= 4 is 34.5 Å². The van der Waals surface area contributed by atoms with E-state index in [1.165, 1.54) is 11.8 Å². The lowest BCUT2D eigenvalue weighted by Crippen LogP contribution is -2.28. The van der Waals surface area contributed by atoms with E-state index < -0.39 is 5.91 Å². The maximum Gasteiger partial charge on any atom is 0.251 e. The van der Waals surface area contributed by atoms with Crippen molar-refractivity contribution in [3.05, 3.63) is 58.5 Å². The van der Waals surface area contributed by atoms with Crippen molar-refractivity contribution in [1.82, 2.24) is 10.3 Å². The molecular formula is C21H23N3O3S. The average Bonchev–Trinajstić information content (AvgIpc) is 3.08. The maximum atomic E-state index is 12.4. The molecule has 0 aliphatic carbocycles. The lowest BCUT2D eigenvalue weighted by molar-refractivity contribution is -0.119. The van der Waals surface area contributed by atoms with Crippen molar-refractivity contribution in [3.8, 4) is 0 Å². The summed E-state index contributed by atoms with van der Waals surface area (Å²) in [4.78, 5) is 28.7. The number of carbonyl (C=O) groups excluding carboxylic acids is 2. The van der Waals surface area contributed by atoms with Crippen LogP contribution in [0.2, 0.25) is 0 Å². The number of rotatable bonds is 6. The molecule has 146 valence electrons. The summed E-state index contributed by atoms with van der Waals surface area (Å²) in [6, 6.07) is 9.35. The molecule has 0 aliphatic rings. The van der Waals surface area contributed by atoms with Gasteiger partial charge in [-0.2, -0.15) is 0 Å². The standard InChI is InChI=1S/C21H23N3O3S/c1-11-12(2)19(20(22)26)21(24-13(11)3)28-10-18(25)23-14(4)17-9-15-7-5-6-8-16(15)27-17/h5-9,14H,10H2,1-4H3,(H2,22,26)(H,23,25). The molecule has 0 bridgehead atoms. The second-order valence-corrected chi connectivity index (χ2v) is 7.72. The van der Waals surface area contributed by atoms with Gasteiger partial charge in [0, 0.05) is 11.1 Å². The van der Waals surface area contributed by atoms with E-state index in [2.05, 4.69) is 10.3 Å². The first-order chi connectivity index (χ1) is 13.3. The molecule has 0 saturated carbocycles. The maximum absolute atomic E-state index is 12.4. The molecule has 28 heavy (non-hydrogen) atoms. The van der Waals surface area contributed by atoms with Gasteiger partial charge in [0.1, 0.15) is 16.4 Å². The summed E-state index contributed by atoms with van der Waals surface area (Å²) >= 11 is 1.21. The Labute approximate surface area is 167 Å². The predicted octanol–water partition coefficient (Wildman–Crippen LogP) is 3.82. The van der Waals surface area contributed by atoms with Gasteiger partial charge in [-0.15, -0.1) is 0 Å². The first-order valence-corrected chi connectivity index (χ1v) is 9.94. The number of para-hydroxylation sites is 1. The second-order valence-electron chi connectivity index (χ2n) is 6.76. The van der Waals surface area contributed by atoms with Gasteiger partial charge in [-0.3, -0.25) is 9.59 Å². The Morgan fingerprint density at radius 1 is 1.21 bits per heavy atom. The van der Waals surface area contributed by atoms with Gasteiger partial charge >= 0.3 is 0 Å². The normalized spacial score (nSPS) is 12.1. The van der Waals surface area contributed by atoms with Crippen LogP contribution in [0.1, 0.15) is 45.9 Å². The van der Waals surface area contributed by atoms with Crippen LogP contribution in [0.25, 0.3) is 11.0 Å². The molecule has 0 aliphatic heterocycles. The number of thioether (sulfide) groups is 1. The molecule has 1 aromatic carbocycles. The SMILES string of the molecule is Cc1nc(SCC(=O)NC(C)c2cc3ccccc3o2)c(C(N)=O)c(C)c1C. The molecule has 3 N–H and O–H groups in total. The van der Waals surface area contributed by atoms with Crippen LogP contribution in [0.15, 0.2) is 39.8 Å². The Morgan fingerprint density at radius 3 is 2.61 bits per heavy atom. The number of nitrogens with two attached hydrogens (primary N) is 1. The highest BCUT2D eigenvalue weighted by Gasteiger charge is 2.19. The summed E-state index contributed by atoms with van der Waals surface area (Å²) in [5.74, 6) is 0.106. The van der Waals surface area contributed by atoms with E-state index in [1.54, 1.807) is 0 Å². The fourth-order valence-corrected chi connectivity index (χ4v) is 3.96. The minimum atomic E-state index is -0.536. The van der Waals surface area contributed by atoms with Crippen molar-refractivity contribution < 1.29 is 14.0 Å². The van der Waals surface area contributed by atoms with E-state index in [-0.39, 0.29) is 17.7 Å². The van der Waals surface area contributed by atoms with Crippen molar-refractivity contribution in [2.24, 2.45) is 5.73 Å². The highest BCUT2D eigenvalue weighted by atomic mass is 32.2. The third-order valence-electron chi connectivity index (χ3n) is 4.80. The van der Waals surface area contributed by atoms with Crippen LogP contribution in [-0.2, 0) is 4.79 Å². The zero-order valence-electron chi connectivity index (χ0n) is 16.3. The fourth-order valence-electron chi connectivity index (χ4n) is 3.01. The van der Waals surface area contributed by atoms with E-state index in [0.29, 0.717) is 16.3 Å². The molecule has 3 aromatic rings. The topological polar surface area (TPSA) is 98.2 Å². The van der Waals surface area contributed by atoms with Gasteiger partial charge < -0.3 is 15.5 Å². The Hall–Kier alpha value is -2.80. The monoisotopic (exact) mass is 397 g/mol. The summed E-state index contributed by atoms with van der Waals surface area (Å²) in [5, 5.41) is 4.40. The zero-order chi connectivity index (χ0) is 20.4. The number of hydrogen-bond donors (Lipinski definition) is 2. The number of hydrogen-bond acceptors (Lipinski definition) is 5. The van der Waals surface area contributed by atoms with Crippen molar-refractivity contribution in [3.63, 3.8) is 0 Å². The number of carbonyl (C=O) groups is 2. The van der Waals surface area contributed by atoms with Crippen LogP contribution in [0.5, 0.6) is 0 Å². The second kappa shape index (κ2) is 8.06. The van der Waals surface area contributed by atoms with Gasteiger partial charge in [-0.25, -0.2) is 4.98 Å². The van der Waals surface area contributed by atoms with Crippen LogP contribution >= 0.6 is 11.8 Å². The van der Waals surface area contributed by atoms with Gasteiger partial charge in [-0.05, 0) is 51.0 Å². The number of furan rings is 1. The summed E-state index contributed by atoms with van der Waals surface area (Å²) in [6.45, 7) is 7.49. The summed E-state index contributed by atoms with van der Waals surface area (Å²) in [6.07, 6.45) is 0. The minimum Gasteiger partial charge on any atom is -0.459 e. The highest BCUT2D eigenvalue weighted by Crippen LogP contribution is 2.27. The zero-order valence-corrected chi connectivity index (χ0v) is 17.1. The molecule has 1 unspecified atom stereocenters. The number of amides is 2. The van der Waals surface area contributed by atoms with Crippen LogP contribution in [0.4, 0.5) is 0 Å². The van der Waals surface area contributed by atoms with E-state index in [1.807, 2.05) is 58.0 Å². The molecule has 1 atom stereocenters. The Kier molecular flexibility index (Phi) is 5.74. The molecule has 2 heterocycles. The van der Waals surface area contributed by atoms with Crippen LogP contribution < -0.4 is 11.1 Å². The quantitative estimate of drug-likeness (QED) is 0.616. The first-order valence-electron chi connectivity index (χ1n) is 8.96. The minimum absolute atomic E-state index is 0.125. The number of fused-ring (bicyclic) bond motifs is 1. The molecule has 0 radical (unpaired) electrons. The Bertz CT molecular complexity index is 1030. The van der Waals surface area contributed by atoms with E-state index in [9.17, 15) is 9.59 Å². The number of aromatic nitrogens is 1. The molecule has 2 aromatic heterocycles. The molecule has 0 fully saturated rings. The largest absolute Gasteiger partial charge is 0.459 e. The van der Waals surface area contributed by atoms with Crippen LogP contribution in [-0.4, -0.2) is 22.6 Å². The van der Waals surface area contributed by atoms with E-state index in [4.69, 9.17) is 10.2 Å². The molecule has 6 nitrogen and oxygen atoms in total. The molecule has 7 heteroatoms. The first kappa shape index (κ1) is 19.9. The molecule has 0 spiro atoms. The smallest absolute Gasteiger partial charge is 0.251 e. The van der Waals surface area contributed by atoms with Gasteiger partial charge in [-0.1, -0.05) is 30.0 Å². The number of pyridine rings is 1. The summed E-state index contributed by atoms with van der Waals surface area (Å²) in [5.41, 5.74) is 9.25. The third kappa shape index (κ3) is 4.04. The predicted molar refractivity (Wildman–Crippen MR) is 110 cm³/mol. The van der Waals surface area contributed by atoms with E-state index >= 15 is 0 Å². The van der Waals surface area contributed by atoms with Gasteiger partial charge in [0.2, 0.25) is 5.91 Å². The third-order valence-corrected chi connectivity index (χ3v) is 5.77. The molecule has 2 amide bonds. The number of benzene rings is 1. The van der Waals surface area contributed by atoms with Crippen LogP contribution in [0, 0.1) is 20.8 Å². The van der Waals surface area contributed by atoms with Gasteiger partial charge in [0.25, 0.3) is 5.91 Å². The molecule has 3 rings (SSSR count). The van der Waals surface area contributed by atoms with Crippen molar-refractivity contribution in [2.75, 3.05) is 5.75 Å². The average molecular weight is 398 g/mol. The van der Waals surface area contributed by atoms with Gasteiger partial charge in [0.15, 0.2) is 0 Å². The number of nitrogens with zero attached hydrogens (tertiary/aromatic N) is 1. The highest BCUT2D eigenvalue weighted by molar-refractivity contribution is 8.00. The Balaban J connectivity index is 1.69. The van der Waals surface area contributed by atoms with Crippen molar-refractivity contribution in [1.29, 1.82) is 0 Å². The number of nitrogens with one attached hydrogen (secondary N) is 1. The number of primary amides is 1.